The van der Waals surface area contributed by atoms with Crippen LogP contribution in [0.3, 0.4) is 0 Å². The largest absolute Gasteiger partial charge is 0.472 e. The average Bonchev–Trinajstić information content (AvgIpc) is 3.13. The number of rotatable bonds is 7. The summed E-state index contributed by atoms with van der Waals surface area (Å²) in [5.74, 6) is -0.0506. The highest BCUT2D eigenvalue weighted by Crippen LogP contribution is 2.24. The van der Waals surface area contributed by atoms with Crippen molar-refractivity contribution in [3.8, 4) is 0 Å². The second-order valence-corrected chi connectivity index (χ2v) is 9.10. The number of sulfonamides is 1. The van der Waals surface area contributed by atoms with E-state index in [1.807, 2.05) is 17.8 Å². The van der Waals surface area contributed by atoms with E-state index in [2.05, 4.69) is 9.62 Å². The Morgan fingerprint density at radius 3 is 2.69 bits per heavy atom. The van der Waals surface area contributed by atoms with Gasteiger partial charge in [-0.1, -0.05) is 0 Å². The van der Waals surface area contributed by atoms with Crippen LogP contribution in [0.15, 0.2) is 41.2 Å². The molecule has 142 valence electrons. The van der Waals surface area contributed by atoms with Crippen molar-refractivity contribution in [2.45, 2.75) is 11.8 Å². The molecule has 1 N–H and O–H groups in total. The molecule has 1 fully saturated rings. The summed E-state index contributed by atoms with van der Waals surface area (Å²) in [5, 5.41) is 0. The Labute approximate surface area is 155 Å². The molecule has 1 aromatic carbocycles. The first kappa shape index (κ1) is 19.3. The molecule has 2 aromatic rings. The molecule has 0 saturated carbocycles. The summed E-state index contributed by atoms with van der Waals surface area (Å²) in [6.45, 7) is 1.84. The first-order valence-electron chi connectivity index (χ1n) is 8.20. The van der Waals surface area contributed by atoms with Crippen LogP contribution < -0.4 is 4.72 Å². The SMILES string of the molecule is O=S(=O)(Cc1cc(F)ccc1F)NC[C@@H](c1ccoc1)N1CCSCC1. The number of nitrogens with zero attached hydrogens (tertiary/aromatic N) is 1. The Bertz CT molecular complexity index is 823. The maximum Gasteiger partial charge on any atom is 0.215 e. The molecule has 1 aliphatic rings. The lowest BCUT2D eigenvalue weighted by molar-refractivity contribution is 0.218. The van der Waals surface area contributed by atoms with Gasteiger partial charge in [0.05, 0.1) is 24.3 Å². The molecule has 5 nitrogen and oxygen atoms in total. The Kier molecular flexibility index (Phi) is 6.33. The molecule has 1 saturated heterocycles. The van der Waals surface area contributed by atoms with E-state index in [-0.39, 0.29) is 18.2 Å². The predicted molar refractivity (Wildman–Crippen MR) is 97.3 cm³/mol. The molecule has 2 heterocycles. The zero-order valence-electron chi connectivity index (χ0n) is 14.0. The summed E-state index contributed by atoms with van der Waals surface area (Å²) in [6.07, 6.45) is 3.16. The number of thioether (sulfide) groups is 1. The van der Waals surface area contributed by atoms with Gasteiger partial charge in [-0.15, -0.1) is 0 Å². The second kappa shape index (κ2) is 8.51. The maximum atomic E-state index is 13.7. The molecule has 0 amide bonds. The van der Waals surface area contributed by atoms with Gasteiger partial charge < -0.3 is 4.42 Å². The fourth-order valence-corrected chi connectivity index (χ4v) is 5.00. The highest BCUT2D eigenvalue weighted by atomic mass is 32.2. The summed E-state index contributed by atoms with van der Waals surface area (Å²) >= 11 is 1.86. The maximum absolute atomic E-state index is 13.7. The first-order chi connectivity index (χ1) is 12.4. The van der Waals surface area contributed by atoms with Crippen molar-refractivity contribution in [2.75, 3.05) is 31.1 Å². The van der Waals surface area contributed by atoms with Gasteiger partial charge in [-0.25, -0.2) is 21.9 Å². The fraction of sp³-hybridized carbons (Fsp3) is 0.412. The smallest absolute Gasteiger partial charge is 0.215 e. The van der Waals surface area contributed by atoms with Crippen LogP contribution in [-0.2, 0) is 15.8 Å². The van der Waals surface area contributed by atoms with Crippen molar-refractivity contribution in [2.24, 2.45) is 0 Å². The van der Waals surface area contributed by atoms with E-state index in [0.717, 1.165) is 48.4 Å². The van der Waals surface area contributed by atoms with Gasteiger partial charge >= 0.3 is 0 Å². The van der Waals surface area contributed by atoms with Crippen molar-refractivity contribution in [1.82, 2.24) is 9.62 Å². The number of benzene rings is 1. The first-order valence-corrected chi connectivity index (χ1v) is 11.0. The minimum atomic E-state index is -3.82. The number of hydrogen-bond acceptors (Lipinski definition) is 5. The molecule has 0 bridgehead atoms. The highest BCUT2D eigenvalue weighted by molar-refractivity contribution is 7.99. The quantitative estimate of drug-likeness (QED) is 0.772. The van der Waals surface area contributed by atoms with E-state index in [1.165, 1.54) is 0 Å². The fourth-order valence-electron chi connectivity index (χ4n) is 2.93. The molecule has 1 atom stereocenters. The Morgan fingerprint density at radius 2 is 2.00 bits per heavy atom. The average molecular weight is 402 g/mol. The number of nitrogens with one attached hydrogen (secondary N) is 1. The third-order valence-electron chi connectivity index (χ3n) is 4.26. The lowest BCUT2D eigenvalue weighted by Crippen LogP contribution is -2.42. The zero-order chi connectivity index (χ0) is 18.6. The van der Waals surface area contributed by atoms with E-state index in [0.29, 0.717) is 0 Å². The molecular formula is C17H20F2N2O3S2. The van der Waals surface area contributed by atoms with E-state index < -0.39 is 27.4 Å². The van der Waals surface area contributed by atoms with Crippen molar-refractivity contribution in [1.29, 1.82) is 0 Å². The van der Waals surface area contributed by atoms with E-state index in [9.17, 15) is 17.2 Å². The van der Waals surface area contributed by atoms with Gasteiger partial charge in [-0.3, -0.25) is 4.90 Å². The molecule has 9 heteroatoms. The van der Waals surface area contributed by atoms with Crippen LogP contribution in [0.2, 0.25) is 0 Å². The highest BCUT2D eigenvalue weighted by Gasteiger charge is 2.25. The van der Waals surface area contributed by atoms with Crippen LogP contribution in [-0.4, -0.2) is 44.5 Å². The van der Waals surface area contributed by atoms with Gasteiger partial charge in [0.15, 0.2) is 0 Å². The Hall–Kier alpha value is -1.42. The van der Waals surface area contributed by atoms with Crippen molar-refractivity contribution >= 4 is 21.8 Å². The van der Waals surface area contributed by atoms with Gasteiger partial charge in [0.2, 0.25) is 10.0 Å². The minimum absolute atomic E-state index is 0.142. The van der Waals surface area contributed by atoms with Gasteiger partial charge in [0.25, 0.3) is 0 Å². The van der Waals surface area contributed by atoms with Crippen molar-refractivity contribution in [3.05, 3.63) is 59.6 Å². The molecule has 0 unspecified atom stereocenters. The summed E-state index contributed by atoms with van der Waals surface area (Å²) < 4.78 is 59.4. The molecule has 0 radical (unpaired) electrons. The molecule has 26 heavy (non-hydrogen) atoms. The molecular weight excluding hydrogens is 382 g/mol. The van der Waals surface area contributed by atoms with Crippen LogP contribution in [0.1, 0.15) is 17.2 Å². The van der Waals surface area contributed by atoms with Crippen LogP contribution in [0.5, 0.6) is 0 Å². The van der Waals surface area contributed by atoms with Gasteiger partial charge in [0, 0.05) is 42.3 Å². The molecule has 0 aliphatic carbocycles. The second-order valence-electron chi connectivity index (χ2n) is 6.06. The topological polar surface area (TPSA) is 62.6 Å². The van der Waals surface area contributed by atoms with Crippen LogP contribution >= 0.6 is 11.8 Å². The van der Waals surface area contributed by atoms with E-state index >= 15 is 0 Å². The number of furan rings is 1. The van der Waals surface area contributed by atoms with Crippen LogP contribution in [0, 0.1) is 11.6 Å². The number of halogens is 2. The minimum Gasteiger partial charge on any atom is -0.472 e. The molecule has 3 rings (SSSR count). The monoisotopic (exact) mass is 402 g/mol. The summed E-state index contributed by atoms with van der Waals surface area (Å²) in [7, 11) is -3.82. The lowest BCUT2D eigenvalue weighted by atomic mass is 10.1. The third-order valence-corrected chi connectivity index (χ3v) is 6.50. The number of hydrogen-bond donors (Lipinski definition) is 1. The van der Waals surface area contributed by atoms with Gasteiger partial charge in [-0.05, 0) is 24.3 Å². The zero-order valence-corrected chi connectivity index (χ0v) is 15.7. The van der Waals surface area contributed by atoms with Gasteiger partial charge in [-0.2, -0.15) is 11.8 Å². The van der Waals surface area contributed by atoms with E-state index in [1.54, 1.807) is 12.5 Å². The normalized spacial score (nSPS) is 17.3. The summed E-state index contributed by atoms with van der Waals surface area (Å²) in [6, 6.07) is 4.45. The molecule has 1 aromatic heterocycles. The Morgan fingerprint density at radius 1 is 1.23 bits per heavy atom. The van der Waals surface area contributed by atoms with Gasteiger partial charge in [0.1, 0.15) is 11.6 Å². The van der Waals surface area contributed by atoms with Crippen LogP contribution in [0.25, 0.3) is 0 Å². The lowest BCUT2D eigenvalue weighted by Gasteiger charge is -2.33. The predicted octanol–water partition coefficient (Wildman–Crippen LogP) is 2.77. The Balaban J connectivity index is 1.70. The third kappa shape index (κ3) is 5.06. The van der Waals surface area contributed by atoms with Crippen molar-refractivity contribution < 1.29 is 21.6 Å². The summed E-state index contributed by atoms with van der Waals surface area (Å²) in [4.78, 5) is 2.20. The van der Waals surface area contributed by atoms with Crippen molar-refractivity contribution in [3.63, 3.8) is 0 Å². The molecule has 0 spiro atoms. The summed E-state index contributed by atoms with van der Waals surface area (Å²) in [5.41, 5.74) is 0.697. The van der Waals surface area contributed by atoms with E-state index in [4.69, 9.17) is 4.42 Å². The molecule has 1 aliphatic heterocycles. The standard InChI is InChI=1S/C17H20F2N2O3S2/c18-15-1-2-16(19)14(9-15)12-26(22,23)20-10-17(13-3-6-24-11-13)21-4-7-25-8-5-21/h1-3,6,9,11,17,20H,4-5,7-8,10,12H2/t17-/m0/s1. The van der Waals surface area contributed by atoms with Crippen LogP contribution in [0.4, 0.5) is 8.78 Å².